The van der Waals surface area contributed by atoms with Gasteiger partial charge in [0.1, 0.15) is 6.54 Å². The molecule has 0 bridgehead atoms. The number of hydrogen-bond donors (Lipinski definition) is 2. The molecule has 6 heteroatoms. The van der Waals surface area contributed by atoms with Gasteiger partial charge < -0.3 is 19.7 Å². The number of imidazole rings is 1. The highest BCUT2D eigenvalue weighted by Crippen LogP contribution is 1.97. The average Bonchev–Trinajstić information content (AvgIpc) is 2.65. The number of nitrogens with zero attached hydrogens (tertiary/aromatic N) is 2. The van der Waals surface area contributed by atoms with Gasteiger partial charge in [0.15, 0.2) is 0 Å². The predicted molar refractivity (Wildman–Crippen MR) is 53.0 cm³/mol. The highest BCUT2D eigenvalue weighted by Gasteiger charge is 2.05. The van der Waals surface area contributed by atoms with Crippen LogP contribution in [-0.4, -0.2) is 40.8 Å². The first-order chi connectivity index (χ1) is 7.27. The van der Waals surface area contributed by atoms with Gasteiger partial charge in [-0.3, -0.25) is 4.79 Å². The van der Waals surface area contributed by atoms with Crippen LogP contribution < -0.4 is 5.32 Å². The van der Waals surface area contributed by atoms with Gasteiger partial charge in [-0.2, -0.15) is 0 Å². The highest BCUT2D eigenvalue weighted by molar-refractivity contribution is 5.75. The van der Waals surface area contributed by atoms with Crippen LogP contribution in [0.5, 0.6) is 0 Å². The van der Waals surface area contributed by atoms with E-state index < -0.39 is 0 Å². The fraction of sp³-hybridized carbons (Fsp3) is 0.556. The molecular weight excluding hydrogens is 198 g/mol. The second-order valence-corrected chi connectivity index (χ2v) is 3.01. The molecule has 6 nitrogen and oxygen atoms in total. The lowest BCUT2D eigenvalue weighted by atomic mass is 10.4. The number of methoxy groups -OCH3 is 1. The molecule has 0 aliphatic rings. The summed E-state index contributed by atoms with van der Waals surface area (Å²) >= 11 is 0. The molecule has 1 amide bonds. The summed E-state index contributed by atoms with van der Waals surface area (Å²) in [5.74, 6) is -0.125. The maximum Gasteiger partial charge on any atom is 0.240 e. The molecule has 0 aliphatic heterocycles. The first-order valence-electron chi connectivity index (χ1n) is 4.63. The molecule has 1 aromatic heterocycles. The Morgan fingerprint density at radius 1 is 1.73 bits per heavy atom. The summed E-state index contributed by atoms with van der Waals surface area (Å²) in [7, 11) is 1.58. The lowest BCUT2D eigenvalue weighted by Crippen LogP contribution is -2.30. The summed E-state index contributed by atoms with van der Waals surface area (Å²) in [5, 5.41) is 11.6. The minimum Gasteiger partial charge on any atom is -0.390 e. The lowest BCUT2D eigenvalue weighted by Gasteiger charge is -2.07. The maximum absolute atomic E-state index is 11.4. The van der Waals surface area contributed by atoms with E-state index in [1.165, 1.54) is 12.5 Å². The SMILES string of the molecule is COCCNC(=O)Cn1cncc1CO. The first-order valence-corrected chi connectivity index (χ1v) is 4.63. The van der Waals surface area contributed by atoms with Crippen molar-refractivity contribution >= 4 is 5.91 Å². The van der Waals surface area contributed by atoms with Crippen LogP contribution in [0.25, 0.3) is 0 Å². The van der Waals surface area contributed by atoms with Crippen LogP contribution in [0.4, 0.5) is 0 Å². The molecule has 15 heavy (non-hydrogen) atoms. The zero-order valence-electron chi connectivity index (χ0n) is 8.64. The fourth-order valence-corrected chi connectivity index (χ4v) is 1.13. The van der Waals surface area contributed by atoms with Crippen LogP contribution in [0.2, 0.25) is 0 Å². The topological polar surface area (TPSA) is 76.4 Å². The smallest absolute Gasteiger partial charge is 0.240 e. The van der Waals surface area contributed by atoms with Gasteiger partial charge in [-0.15, -0.1) is 0 Å². The van der Waals surface area contributed by atoms with Crippen molar-refractivity contribution in [1.29, 1.82) is 0 Å². The van der Waals surface area contributed by atoms with Gasteiger partial charge in [-0.25, -0.2) is 4.98 Å². The van der Waals surface area contributed by atoms with Crippen molar-refractivity contribution in [1.82, 2.24) is 14.9 Å². The summed E-state index contributed by atoms with van der Waals surface area (Å²) < 4.78 is 6.40. The number of ether oxygens (including phenoxy) is 1. The van der Waals surface area contributed by atoms with E-state index >= 15 is 0 Å². The van der Waals surface area contributed by atoms with E-state index in [-0.39, 0.29) is 19.1 Å². The van der Waals surface area contributed by atoms with Crippen molar-refractivity contribution in [2.45, 2.75) is 13.2 Å². The van der Waals surface area contributed by atoms with E-state index in [1.807, 2.05) is 0 Å². The van der Waals surface area contributed by atoms with E-state index in [0.717, 1.165) is 0 Å². The van der Waals surface area contributed by atoms with Crippen LogP contribution >= 0.6 is 0 Å². The standard InChI is InChI=1S/C9H15N3O3/c1-15-3-2-11-9(14)5-12-7-10-4-8(12)6-13/h4,7,13H,2-3,5-6H2,1H3,(H,11,14). The monoisotopic (exact) mass is 213 g/mol. The molecule has 0 atom stereocenters. The Morgan fingerprint density at radius 2 is 2.53 bits per heavy atom. The van der Waals surface area contributed by atoms with Gasteiger partial charge in [0.25, 0.3) is 0 Å². The largest absolute Gasteiger partial charge is 0.390 e. The van der Waals surface area contributed by atoms with Crippen LogP contribution in [-0.2, 0) is 22.7 Å². The van der Waals surface area contributed by atoms with Crippen molar-refractivity contribution in [3.8, 4) is 0 Å². The van der Waals surface area contributed by atoms with Crippen LogP contribution in [0.3, 0.4) is 0 Å². The molecule has 0 unspecified atom stereocenters. The van der Waals surface area contributed by atoms with Crippen molar-refractivity contribution < 1.29 is 14.6 Å². The Bertz CT molecular complexity index is 311. The number of aromatic nitrogens is 2. The number of aliphatic hydroxyl groups excluding tert-OH is 1. The maximum atomic E-state index is 11.4. The molecule has 1 aromatic rings. The molecule has 0 radical (unpaired) electrons. The molecule has 1 heterocycles. The number of rotatable bonds is 6. The second-order valence-electron chi connectivity index (χ2n) is 3.01. The first kappa shape index (κ1) is 11.7. The molecule has 0 aliphatic carbocycles. The summed E-state index contributed by atoms with van der Waals surface area (Å²) in [4.78, 5) is 15.2. The van der Waals surface area contributed by atoms with Crippen molar-refractivity contribution in [2.75, 3.05) is 20.3 Å². The van der Waals surface area contributed by atoms with Crippen molar-refractivity contribution in [3.63, 3.8) is 0 Å². The Balaban J connectivity index is 2.37. The fourth-order valence-electron chi connectivity index (χ4n) is 1.13. The third-order valence-corrected chi connectivity index (χ3v) is 1.90. The van der Waals surface area contributed by atoms with E-state index in [0.29, 0.717) is 18.8 Å². The molecule has 0 saturated heterocycles. The van der Waals surface area contributed by atoms with Gasteiger partial charge >= 0.3 is 0 Å². The summed E-state index contributed by atoms with van der Waals surface area (Å²) in [6, 6.07) is 0. The number of amides is 1. The van der Waals surface area contributed by atoms with Gasteiger partial charge in [-0.05, 0) is 0 Å². The van der Waals surface area contributed by atoms with E-state index in [4.69, 9.17) is 9.84 Å². The minimum absolute atomic E-state index is 0.120. The van der Waals surface area contributed by atoms with Crippen LogP contribution in [0.15, 0.2) is 12.5 Å². The number of nitrogens with one attached hydrogen (secondary N) is 1. The summed E-state index contributed by atoms with van der Waals surface area (Å²) in [6.07, 6.45) is 3.05. The zero-order valence-corrected chi connectivity index (χ0v) is 8.64. The van der Waals surface area contributed by atoms with Gasteiger partial charge in [0.2, 0.25) is 5.91 Å². The normalized spacial score (nSPS) is 10.3. The minimum atomic E-state index is -0.125. The number of hydrogen-bond acceptors (Lipinski definition) is 4. The van der Waals surface area contributed by atoms with Crippen molar-refractivity contribution in [2.24, 2.45) is 0 Å². The summed E-state index contributed by atoms with van der Waals surface area (Å²) in [6.45, 7) is 1.02. The molecule has 2 N–H and O–H groups in total. The van der Waals surface area contributed by atoms with E-state index in [9.17, 15) is 4.79 Å². The van der Waals surface area contributed by atoms with E-state index in [2.05, 4.69) is 10.3 Å². The highest BCUT2D eigenvalue weighted by atomic mass is 16.5. The average molecular weight is 213 g/mol. The van der Waals surface area contributed by atoms with Gasteiger partial charge in [0, 0.05) is 13.7 Å². The molecule has 0 spiro atoms. The molecule has 0 saturated carbocycles. The molecule has 1 rings (SSSR count). The molecule has 0 aromatic carbocycles. The number of carbonyl (C=O) groups excluding carboxylic acids is 1. The Kier molecular flexibility index (Phi) is 4.79. The van der Waals surface area contributed by atoms with Crippen molar-refractivity contribution in [3.05, 3.63) is 18.2 Å². The quantitative estimate of drug-likeness (QED) is 0.603. The Morgan fingerprint density at radius 3 is 3.20 bits per heavy atom. The predicted octanol–water partition coefficient (Wildman–Crippen LogP) is -0.862. The van der Waals surface area contributed by atoms with Gasteiger partial charge in [0.05, 0.1) is 31.4 Å². The van der Waals surface area contributed by atoms with Crippen LogP contribution in [0.1, 0.15) is 5.69 Å². The third-order valence-electron chi connectivity index (χ3n) is 1.90. The van der Waals surface area contributed by atoms with Crippen LogP contribution in [0, 0.1) is 0 Å². The Labute approximate surface area is 87.9 Å². The van der Waals surface area contributed by atoms with E-state index in [1.54, 1.807) is 11.7 Å². The number of aliphatic hydroxyl groups is 1. The third kappa shape index (κ3) is 3.69. The number of carbonyl (C=O) groups is 1. The molecule has 0 fully saturated rings. The lowest BCUT2D eigenvalue weighted by molar-refractivity contribution is -0.121. The Hall–Kier alpha value is -1.40. The van der Waals surface area contributed by atoms with Gasteiger partial charge in [-0.1, -0.05) is 0 Å². The second kappa shape index (κ2) is 6.15. The molecular formula is C9H15N3O3. The molecule has 84 valence electrons. The zero-order chi connectivity index (χ0) is 11.1. The summed E-state index contributed by atoms with van der Waals surface area (Å²) in [5.41, 5.74) is 0.622.